The lowest BCUT2D eigenvalue weighted by Gasteiger charge is -2.04. The monoisotopic (exact) mass is 248 g/mol. The Morgan fingerprint density at radius 2 is 2.27 bits per heavy atom. The summed E-state index contributed by atoms with van der Waals surface area (Å²) in [6.07, 6.45) is 0. The number of benzene rings is 1. The van der Waals surface area contributed by atoms with Gasteiger partial charge in [0, 0.05) is 22.9 Å². The zero-order valence-electron chi connectivity index (χ0n) is 7.28. The SMILES string of the molecule is NC(=NCl)Nc1ccc(Cl)cc1[N+](=O)[O-]. The van der Waals surface area contributed by atoms with Crippen LogP contribution in [-0.2, 0) is 0 Å². The first-order chi connectivity index (χ1) is 7.04. The van der Waals surface area contributed by atoms with E-state index in [1.807, 2.05) is 0 Å². The third-order valence-electron chi connectivity index (χ3n) is 1.51. The van der Waals surface area contributed by atoms with E-state index in [9.17, 15) is 10.1 Å². The third-order valence-corrected chi connectivity index (χ3v) is 1.93. The standard InChI is InChI=1S/C7H6Cl2N4O2/c8-4-1-2-5(11-7(10)12-9)6(3-4)13(14)15/h1-3H,(H3,10,11,12). The van der Waals surface area contributed by atoms with Crippen LogP contribution in [0.25, 0.3) is 0 Å². The molecule has 0 heterocycles. The van der Waals surface area contributed by atoms with Crippen molar-refractivity contribution in [3.63, 3.8) is 0 Å². The van der Waals surface area contributed by atoms with Crippen LogP contribution in [0.3, 0.4) is 0 Å². The van der Waals surface area contributed by atoms with Crippen molar-refractivity contribution in [1.29, 1.82) is 0 Å². The van der Waals surface area contributed by atoms with Crippen molar-refractivity contribution < 1.29 is 4.92 Å². The lowest BCUT2D eigenvalue weighted by Crippen LogP contribution is -2.21. The van der Waals surface area contributed by atoms with E-state index in [1.165, 1.54) is 18.2 Å². The molecule has 8 heteroatoms. The number of anilines is 1. The van der Waals surface area contributed by atoms with Crippen molar-refractivity contribution in [2.45, 2.75) is 0 Å². The molecule has 0 spiro atoms. The van der Waals surface area contributed by atoms with Gasteiger partial charge in [0.25, 0.3) is 5.69 Å². The maximum atomic E-state index is 10.6. The molecule has 0 radical (unpaired) electrons. The summed E-state index contributed by atoms with van der Waals surface area (Å²) in [5, 5.41) is 13.4. The molecule has 1 aromatic carbocycles. The van der Waals surface area contributed by atoms with Crippen molar-refractivity contribution in [2.24, 2.45) is 10.2 Å². The van der Waals surface area contributed by atoms with Crippen LogP contribution in [0.15, 0.2) is 22.7 Å². The summed E-state index contributed by atoms with van der Waals surface area (Å²) in [5.74, 6) is -0.137. The molecule has 1 aromatic rings. The molecule has 0 unspecified atom stereocenters. The predicted molar refractivity (Wildman–Crippen MR) is 59.2 cm³/mol. The number of hydrogen-bond donors (Lipinski definition) is 2. The molecule has 80 valence electrons. The van der Waals surface area contributed by atoms with Gasteiger partial charge in [0.15, 0.2) is 0 Å². The first kappa shape index (κ1) is 11.5. The number of nitrogens with zero attached hydrogens (tertiary/aromatic N) is 2. The normalized spacial score (nSPS) is 11.2. The lowest BCUT2D eigenvalue weighted by molar-refractivity contribution is -0.383. The number of guanidine groups is 1. The number of hydrogen-bond acceptors (Lipinski definition) is 3. The zero-order chi connectivity index (χ0) is 11.4. The Labute approximate surface area is 95.0 Å². The molecule has 0 aliphatic rings. The van der Waals surface area contributed by atoms with Crippen LogP contribution in [0, 0.1) is 10.1 Å². The minimum atomic E-state index is -0.588. The van der Waals surface area contributed by atoms with Crippen LogP contribution >= 0.6 is 23.4 Å². The molecule has 0 aliphatic carbocycles. The summed E-state index contributed by atoms with van der Waals surface area (Å²) in [4.78, 5) is 10.0. The molecular weight excluding hydrogens is 243 g/mol. The van der Waals surface area contributed by atoms with Gasteiger partial charge in [-0.25, -0.2) is 0 Å². The number of nitrogens with two attached hydrogens (primary N) is 1. The van der Waals surface area contributed by atoms with Gasteiger partial charge < -0.3 is 11.1 Å². The molecule has 3 N–H and O–H groups in total. The minimum absolute atomic E-state index is 0.137. The molecule has 0 saturated heterocycles. The largest absolute Gasteiger partial charge is 0.369 e. The van der Waals surface area contributed by atoms with Crippen molar-refractivity contribution >= 4 is 40.7 Å². The smallest absolute Gasteiger partial charge is 0.294 e. The fourth-order valence-corrected chi connectivity index (χ4v) is 1.13. The molecule has 0 aliphatic heterocycles. The number of nitrogens with one attached hydrogen (secondary N) is 1. The number of nitro benzene ring substituents is 1. The van der Waals surface area contributed by atoms with Crippen molar-refractivity contribution in [1.82, 2.24) is 0 Å². The summed E-state index contributed by atoms with van der Waals surface area (Å²) >= 11 is 10.7. The quantitative estimate of drug-likeness (QED) is 0.363. The summed E-state index contributed by atoms with van der Waals surface area (Å²) < 4.78 is 3.11. The summed E-state index contributed by atoms with van der Waals surface area (Å²) in [7, 11) is 0. The van der Waals surface area contributed by atoms with Crippen LogP contribution in [0.4, 0.5) is 11.4 Å². The van der Waals surface area contributed by atoms with E-state index in [2.05, 4.69) is 9.83 Å². The maximum Gasteiger partial charge on any atom is 0.294 e. The maximum absolute atomic E-state index is 10.6. The summed E-state index contributed by atoms with van der Waals surface area (Å²) in [6, 6.07) is 4.10. The minimum Gasteiger partial charge on any atom is -0.369 e. The predicted octanol–water partition coefficient (Wildman–Crippen LogP) is 2.13. The fraction of sp³-hybridized carbons (Fsp3) is 0. The van der Waals surface area contributed by atoms with E-state index < -0.39 is 4.92 Å². The topological polar surface area (TPSA) is 93.5 Å². The fourth-order valence-electron chi connectivity index (χ4n) is 0.921. The van der Waals surface area contributed by atoms with Gasteiger partial charge in [-0.15, -0.1) is 4.51 Å². The lowest BCUT2D eigenvalue weighted by atomic mass is 10.2. The highest BCUT2D eigenvalue weighted by atomic mass is 35.5. The van der Waals surface area contributed by atoms with Gasteiger partial charge in [-0.05, 0) is 12.1 Å². The number of halogens is 2. The van der Waals surface area contributed by atoms with Crippen LogP contribution in [0.1, 0.15) is 0 Å². The Kier molecular flexibility index (Phi) is 3.70. The van der Waals surface area contributed by atoms with E-state index in [4.69, 9.17) is 29.1 Å². The molecule has 15 heavy (non-hydrogen) atoms. The average molecular weight is 249 g/mol. The molecule has 0 atom stereocenters. The van der Waals surface area contributed by atoms with Crippen molar-refractivity contribution in [3.8, 4) is 0 Å². The van der Waals surface area contributed by atoms with E-state index in [0.717, 1.165) is 0 Å². The molecule has 0 saturated carbocycles. The highest BCUT2D eigenvalue weighted by Crippen LogP contribution is 2.27. The Morgan fingerprint density at radius 1 is 1.60 bits per heavy atom. The Morgan fingerprint density at radius 3 is 2.80 bits per heavy atom. The molecule has 1 rings (SSSR count). The Balaban J connectivity index is 3.12. The first-order valence-electron chi connectivity index (χ1n) is 3.70. The van der Waals surface area contributed by atoms with Crippen LogP contribution in [-0.4, -0.2) is 10.9 Å². The van der Waals surface area contributed by atoms with Gasteiger partial charge in [0.2, 0.25) is 5.96 Å². The van der Waals surface area contributed by atoms with Crippen LogP contribution in [0.2, 0.25) is 5.02 Å². The number of rotatable bonds is 2. The van der Waals surface area contributed by atoms with Gasteiger partial charge in [0.1, 0.15) is 5.69 Å². The van der Waals surface area contributed by atoms with Gasteiger partial charge in [0.05, 0.1) is 4.92 Å². The highest BCUT2D eigenvalue weighted by Gasteiger charge is 2.14. The molecule has 0 aromatic heterocycles. The molecule has 6 nitrogen and oxygen atoms in total. The Hall–Kier alpha value is -1.53. The molecule has 0 amide bonds. The van der Waals surface area contributed by atoms with Gasteiger partial charge in [-0.3, -0.25) is 10.1 Å². The first-order valence-corrected chi connectivity index (χ1v) is 4.41. The van der Waals surface area contributed by atoms with Gasteiger partial charge in [-0.2, -0.15) is 0 Å². The van der Waals surface area contributed by atoms with E-state index >= 15 is 0 Å². The van der Waals surface area contributed by atoms with Crippen molar-refractivity contribution in [2.75, 3.05) is 5.32 Å². The summed E-state index contributed by atoms with van der Waals surface area (Å²) in [5.41, 5.74) is 5.23. The number of nitro groups is 1. The van der Waals surface area contributed by atoms with E-state index in [1.54, 1.807) is 0 Å². The van der Waals surface area contributed by atoms with Crippen LogP contribution < -0.4 is 11.1 Å². The second-order valence-corrected chi connectivity index (χ2v) is 3.12. The molecular formula is C7H6Cl2N4O2. The zero-order valence-corrected chi connectivity index (χ0v) is 8.79. The van der Waals surface area contributed by atoms with E-state index in [0.29, 0.717) is 0 Å². The van der Waals surface area contributed by atoms with Crippen LogP contribution in [0.5, 0.6) is 0 Å². The molecule has 0 fully saturated rings. The second-order valence-electron chi connectivity index (χ2n) is 2.51. The van der Waals surface area contributed by atoms with Gasteiger partial charge in [-0.1, -0.05) is 11.6 Å². The van der Waals surface area contributed by atoms with Crippen molar-refractivity contribution in [3.05, 3.63) is 33.3 Å². The Bertz CT molecular complexity index is 421. The summed E-state index contributed by atoms with van der Waals surface area (Å²) in [6.45, 7) is 0. The molecule has 0 bridgehead atoms. The third kappa shape index (κ3) is 2.97. The van der Waals surface area contributed by atoms with E-state index in [-0.39, 0.29) is 22.4 Å². The average Bonchev–Trinajstić information content (AvgIpc) is 2.20. The highest BCUT2D eigenvalue weighted by molar-refractivity contribution is 6.31. The second kappa shape index (κ2) is 4.81. The van der Waals surface area contributed by atoms with Gasteiger partial charge >= 0.3 is 0 Å².